The number of ether oxygens (including phenoxy) is 1. The third-order valence-electron chi connectivity index (χ3n) is 2.81. The van der Waals surface area contributed by atoms with Crippen LogP contribution in [0.25, 0.3) is 0 Å². The van der Waals surface area contributed by atoms with E-state index in [4.69, 9.17) is 4.74 Å². The van der Waals surface area contributed by atoms with Gasteiger partial charge in [0, 0.05) is 17.2 Å². The number of benzene rings is 1. The molecule has 110 valence electrons. The van der Waals surface area contributed by atoms with Crippen molar-refractivity contribution >= 4 is 33.3 Å². The van der Waals surface area contributed by atoms with Gasteiger partial charge < -0.3 is 15.4 Å². The van der Waals surface area contributed by atoms with Gasteiger partial charge in [0.2, 0.25) is 0 Å². The molecule has 0 fully saturated rings. The number of carbonyl (C=O) groups excluding carboxylic acids is 1. The van der Waals surface area contributed by atoms with Gasteiger partial charge in [0.25, 0.3) is 5.91 Å². The zero-order valence-electron chi connectivity index (χ0n) is 11.8. The number of nitrogens with zero attached hydrogens (tertiary/aromatic N) is 1. The molecule has 0 aliphatic carbocycles. The van der Waals surface area contributed by atoms with Crippen molar-refractivity contribution in [1.29, 1.82) is 0 Å². The molecule has 1 aromatic carbocycles. The number of halogens is 1. The van der Waals surface area contributed by atoms with E-state index in [1.165, 1.54) is 0 Å². The molecule has 6 heteroatoms. The lowest BCUT2D eigenvalue weighted by molar-refractivity contribution is 0.102. The molecule has 0 aliphatic rings. The monoisotopic (exact) mass is 349 g/mol. The van der Waals surface area contributed by atoms with E-state index in [0.29, 0.717) is 29.4 Å². The number of hydrogen-bond acceptors (Lipinski definition) is 4. The highest BCUT2D eigenvalue weighted by atomic mass is 79.9. The van der Waals surface area contributed by atoms with Crippen LogP contribution in [0.1, 0.15) is 17.3 Å². The Labute approximate surface area is 131 Å². The molecule has 1 aromatic heterocycles. The quantitative estimate of drug-likeness (QED) is 0.866. The number of hydrogen-bond donors (Lipinski definition) is 2. The molecule has 0 saturated heterocycles. The molecule has 2 rings (SSSR count). The van der Waals surface area contributed by atoms with Crippen molar-refractivity contribution in [2.75, 3.05) is 24.3 Å². The number of anilines is 2. The Hall–Kier alpha value is -2.08. The van der Waals surface area contributed by atoms with Crippen molar-refractivity contribution in [3.63, 3.8) is 0 Å². The number of rotatable bonds is 5. The topological polar surface area (TPSA) is 63.2 Å². The van der Waals surface area contributed by atoms with E-state index in [1.54, 1.807) is 37.6 Å². The summed E-state index contributed by atoms with van der Waals surface area (Å²) in [6.07, 6.45) is 1.65. The van der Waals surface area contributed by atoms with Gasteiger partial charge in [-0.05, 0) is 37.3 Å². The van der Waals surface area contributed by atoms with Gasteiger partial charge in [0.15, 0.2) is 0 Å². The van der Waals surface area contributed by atoms with E-state index in [1.807, 2.05) is 13.0 Å². The van der Waals surface area contributed by atoms with Crippen LogP contribution in [0.3, 0.4) is 0 Å². The predicted octanol–water partition coefficient (Wildman–Crippen LogP) is 3.54. The summed E-state index contributed by atoms with van der Waals surface area (Å²) < 4.78 is 6.11. The molecule has 1 heterocycles. The Kier molecular flexibility index (Phi) is 5.16. The van der Waals surface area contributed by atoms with E-state index in [2.05, 4.69) is 31.5 Å². The molecule has 2 aromatic rings. The molecule has 0 bridgehead atoms. The van der Waals surface area contributed by atoms with E-state index in [0.717, 1.165) is 4.47 Å². The van der Waals surface area contributed by atoms with Gasteiger partial charge in [0.05, 0.1) is 18.4 Å². The first kappa shape index (κ1) is 15.3. The fourth-order valence-corrected chi connectivity index (χ4v) is 2.23. The number of aromatic nitrogens is 1. The Morgan fingerprint density at radius 3 is 2.90 bits per heavy atom. The second-order valence-electron chi connectivity index (χ2n) is 4.23. The summed E-state index contributed by atoms with van der Waals surface area (Å²) in [5.74, 6) is 0.919. The largest absolute Gasteiger partial charge is 0.495 e. The molecular weight excluding hydrogens is 334 g/mol. The molecule has 0 radical (unpaired) electrons. The Morgan fingerprint density at radius 2 is 2.19 bits per heavy atom. The van der Waals surface area contributed by atoms with Gasteiger partial charge >= 0.3 is 0 Å². The Morgan fingerprint density at radius 1 is 1.38 bits per heavy atom. The number of carbonyl (C=O) groups is 1. The highest BCUT2D eigenvalue weighted by molar-refractivity contribution is 9.10. The van der Waals surface area contributed by atoms with Crippen molar-refractivity contribution in [2.45, 2.75) is 6.92 Å². The normalized spacial score (nSPS) is 10.0. The fraction of sp³-hybridized carbons (Fsp3) is 0.200. The number of nitrogens with one attached hydrogen (secondary N) is 2. The van der Waals surface area contributed by atoms with Crippen LogP contribution in [0.15, 0.2) is 41.0 Å². The van der Waals surface area contributed by atoms with Gasteiger partial charge in [-0.2, -0.15) is 0 Å². The van der Waals surface area contributed by atoms with Crippen LogP contribution in [0.4, 0.5) is 11.5 Å². The zero-order chi connectivity index (χ0) is 15.2. The third kappa shape index (κ3) is 3.72. The summed E-state index contributed by atoms with van der Waals surface area (Å²) in [6, 6.07) is 8.88. The summed E-state index contributed by atoms with van der Waals surface area (Å²) in [5.41, 5.74) is 1.09. The predicted molar refractivity (Wildman–Crippen MR) is 87.0 cm³/mol. The highest BCUT2D eigenvalue weighted by Crippen LogP contribution is 2.28. The Balaban J connectivity index is 2.28. The lowest BCUT2D eigenvalue weighted by Gasteiger charge is -2.12. The minimum atomic E-state index is -0.240. The maximum atomic E-state index is 12.4. The highest BCUT2D eigenvalue weighted by Gasteiger charge is 2.14. The fourth-order valence-electron chi connectivity index (χ4n) is 1.86. The first-order chi connectivity index (χ1) is 10.2. The van der Waals surface area contributed by atoms with E-state index in [-0.39, 0.29) is 5.91 Å². The van der Waals surface area contributed by atoms with Crippen LogP contribution >= 0.6 is 15.9 Å². The van der Waals surface area contributed by atoms with Crippen molar-refractivity contribution < 1.29 is 9.53 Å². The lowest BCUT2D eigenvalue weighted by atomic mass is 10.2. The number of methoxy groups -OCH3 is 1. The second-order valence-corrected chi connectivity index (χ2v) is 5.14. The molecule has 0 unspecified atom stereocenters. The molecule has 1 amide bonds. The minimum absolute atomic E-state index is 0.240. The molecular formula is C15H16BrN3O2. The molecule has 2 N–H and O–H groups in total. The van der Waals surface area contributed by atoms with Crippen LogP contribution in [0.5, 0.6) is 5.75 Å². The van der Waals surface area contributed by atoms with Crippen LogP contribution in [-0.4, -0.2) is 24.5 Å². The molecule has 0 atom stereocenters. The third-order valence-corrected chi connectivity index (χ3v) is 3.30. The van der Waals surface area contributed by atoms with Crippen LogP contribution in [0.2, 0.25) is 0 Å². The molecule has 0 spiro atoms. The van der Waals surface area contributed by atoms with E-state index >= 15 is 0 Å². The number of amides is 1. The number of pyridine rings is 1. The Bertz CT molecular complexity index is 647. The maximum Gasteiger partial charge on any atom is 0.259 e. The van der Waals surface area contributed by atoms with Crippen LogP contribution < -0.4 is 15.4 Å². The lowest BCUT2D eigenvalue weighted by Crippen LogP contribution is -2.16. The van der Waals surface area contributed by atoms with Gasteiger partial charge in [-0.25, -0.2) is 4.98 Å². The first-order valence-electron chi connectivity index (χ1n) is 6.49. The standard InChI is InChI=1S/C15H16BrN3O2/c1-3-17-14-11(5-4-8-18-14)15(20)19-12-9-10(16)6-7-13(12)21-2/h4-9H,3H2,1-2H3,(H,17,18)(H,19,20). The average molecular weight is 350 g/mol. The maximum absolute atomic E-state index is 12.4. The molecule has 21 heavy (non-hydrogen) atoms. The van der Waals surface area contributed by atoms with E-state index < -0.39 is 0 Å². The summed E-state index contributed by atoms with van der Waals surface area (Å²) in [7, 11) is 1.56. The zero-order valence-corrected chi connectivity index (χ0v) is 13.4. The first-order valence-corrected chi connectivity index (χ1v) is 7.28. The summed E-state index contributed by atoms with van der Waals surface area (Å²) in [5, 5.41) is 5.91. The van der Waals surface area contributed by atoms with Gasteiger partial charge in [-0.15, -0.1) is 0 Å². The van der Waals surface area contributed by atoms with Crippen molar-refractivity contribution in [3.8, 4) is 5.75 Å². The molecule has 0 saturated carbocycles. The van der Waals surface area contributed by atoms with Crippen LogP contribution in [-0.2, 0) is 0 Å². The summed E-state index contributed by atoms with van der Waals surface area (Å²) in [4.78, 5) is 16.6. The van der Waals surface area contributed by atoms with Crippen molar-refractivity contribution in [1.82, 2.24) is 4.98 Å². The summed E-state index contributed by atoms with van der Waals surface area (Å²) >= 11 is 3.38. The van der Waals surface area contributed by atoms with Crippen LogP contribution in [0, 0.1) is 0 Å². The smallest absolute Gasteiger partial charge is 0.259 e. The van der Waals surface area contributed by atoms with Gasteiger partial charge in [-0.3, -0.25) is 4.79 Å². The average Bonchev–Trinajstić information content (AvgIpc) is 2.48. The molecule has 5 nitrogen and oxygen atoms in total. The summed E-state index contributed by atoms with van der Waals surface area (Å²) in [6.45, 7) is 2.64. The minimum Gasteiger partial charge on any atom is -0.495 e. The van der Waals surface area contributed by atoms with Crippen molar-refractivity contribution in [3.05, 3.63) is 46.6 Å². The molecule has 0 aliphatic heterocycles. The second kappa shape index (κ2) is 7.08. The van der Waals surface area contributed by atoms with E-state index in [9.17, 15) is 4.79 Å². The van der Waals surface area contributed by atoms with Crippen molar-refractivity contribution in [2.24, 2.45) is 0 Å². The van der Waals surface area contributed by atoms with Gasteiger partial charge in [-0.1, -0.05) is 15.9 Å². The SMILES string of the molecule is CCNc1ncccc1C(=O)Nc1cc(Br)ccc1OC. The van der Waals surface area contributed by atoms with Gasteiger partial charge in [0.1, 0.15) is 11.6 Å².